The molecule has 0 spiro atoms. The third-order valence-electron chi connectivity index (χ3n) is 9.34. The molecule has 5 nitrogen and oxygen atoms in total. The van der Waals surface area contributed by atoms with Gasteiger partial charge >= 0.3 is 5.97 Å². The molecule has 1 N–H and O–H groups in total. The van der Waals surface area contributed by atoms with Crippen molar-refractivity contribution in [2.24, 2.45) is 28.6 Å². The molecular formula is C26H35FO5S. The molecule has 0 aromatic rings. The van der Waals surface area contributed by atoms with Gasteiger partial charge in [0.2, 0.25) is 0 Å². The van der Waals surface area contributed by atoms with Crippen molar-refractivity contribution in [3.8, 4) is 0 Å². The quantitative estimate of drug-likeness (QED) is 0.596. The van der Waals surface area contributed by atoms with Crippen LogP contribution in [-0.2, 0) is 19.1 Å². The lowest BCUT2D eigenvalue weighted by molar-refractivity contribution is -0.226. The number of rotatable bonds is 5. The molecule has 4 rings (SSSR count). The maximum Gasteiger partial charge on any atom is 0.303 e. The van der Waals surface area contributed by atoms with Crippen LogP contribution in [0.3, 0.4) is 0 Å². The summed E-state index contributed by atoms with van der Waals surface area (Å²) in [5.41, 5.74) is -4.59. The SMILES string of the molecule is CCSCC(=O)[C@@]1(OC(C)=O)[C@@H](C)C[C@H]2[C@@H]3CCC4=CC(=O)C=C[C@]4(C)[C@@]3(F)[C@@H](O)C[C@@]21C. The number of carbonyl (C=O) groups is 3. The standard InChI is InChI=1S/C26H35FO5S/c1-6-33-14-22(31)26(32-16(3)28)15(2)11-20-19-8-7-17-12-18(29)9-10-23(17,4)25(19,27)21(30)13-24(20,26)5/h9-10,12,15,19-21,30H,6-8,11,13-14H2,1-5H3/t15-,19-,20-,21-,23-,24-,25-,26-/m0/s1. The number of aliphatic hydroxyl groups excluding tert-OH is 1. The van der Waals surface area contributed by atoms with Crippen LogP contribution in [0.25, 0.3) is 0 Å². The van der Waals surface area contributed by atoms with Crippen molar-refractivity contribution in [2.45, 2.75) is 77.7 Å². The molecule has 33 heavy (non-hydrogen) atoms. The highest BCUT2D eigenvalue weighted by Gasteiger charge is 2.77. The number of halogens is 1. The zero-order chi connectivity index (χ0) is 24.4. The topological polar surface area (TPSA) is 80.7 Å². The van der Waals surface area contributed by atoms with E-state index >= 15 is 4.39 Å². The fraction of sp³-hybridized carbons (Fsp3) is 0.731. The molecule has 4 aliphatic carbocycles. The van der Waals surface area contributed by atoms with Gasteiger partial charge in [0.1, 0.15) is 0 Å². The molecule has 0 radical (unpaired) electrons. The normalized spacial score (nSPS) is 46.2. The molecule has 0 aromatic carbocycles. The number of Topliss-reactive ketones (excluding diaryl/α,β-unsaturated/α-hetero) is 1. The summed E-state index contributed by atoms with van der Waals surface area (Å²) < 4.78 is 23.2. The molecule has 0 bridgehead atoms. The largest absolute Gasteiger partial charge is 0.450 e. The first-order valence-electron chi connectivity index (χ1n) is 12.0. The number of carbonyl (C=O) groups excluding carboxylic acids is 3. The minimum atomic E-state index is -1.97. The average molecular weight is 479 g/mol. The van der Waals surface area contributed by atoms with Crippen molar-refractivity contribution in [3.63, 3.8) is 0 Å². The average Bonchev–Trinajstić information content (AvgIpc) is 2.95. The summed E-state index contributed by atoms with van der Waals surface area (Å²) in [6.45, 7) is 8.89. The summed E-state index contributed by atoms with van der Waals surface area (Å²) in [5, 5.41) is 11.5. The summed E-state index contributed by atoms with van der Waals surface area (Å²) >= 11 is 1.48. The van der Waals surface area contributed by atoms with E-state index in [-0.39, 0.29) is 35.6 Å². The highest BCUT2D eigenvalue weighted by Crippen LogP contribution is 2.71. The van der Waals surface area contributed by atoms with Crippen LogP contribution in [0.2, 0.25) is 0 Å². The first kappa shape index (κ1) is 24.6. The van der Waals surface area contributed by atoms with Gasteiger partial charge in [0.15, 0.2) is 22.8 Å². The first-order valence-corrected chi connectivity index (χ1v) is 13.2. The number of esters is 1. The number of ether oxygens (including phenoxy) is 1. The highest BCUT2D eigenvalue weighted by molar-refractivity contribution is 7.99. The lowest BCUT2D eigenvalue weighted by Crippen LogP contribution is -2.70. The van der Waals surface area contributed by atoms with Gasteiger partial charge in [-0.05, 0) is 56.4 Å². The van der Waals surface area contributed by atoms with Gasteiger partial charge in [-0.1, -0.05) is 32.4 Å². The van der Waals surface area contributed by atoms with E-state index in [1.807, 2.05) is 20.8 Å². The zero-order valence-corrected chi connectivity index (χ0v) is 21.0. The highest BCUT2D eigenvalue weighted by atomic mass is 32.2. The van der Waals surface area contributed by atoms with Crippen molar-refractivity contribution in [3.05, 3.63) is 23.8 Å². The van der Waals surface area contributed by atoms with Gasteiger partial charge < -0.3 is 9.84 Å². The predicted molar refractivity (Wildman–Crippen MR) is 125 cm³/mol. The number of thioether (sulfide) groups is 1. The first-order chi connectivity index (χ1) is 15.4. The lowest BCUT2D eigenvalue weighted by Gasteiger charge is -2.62. The number of allylic oxidation sites excluding steroid dienone is 4. The molecule has 7 heteroatoms. The number of aliphatic hydroxyl groups is 1. The van der Waals surface area contributed by atoms with Gasteiger partial charge in [-0.15, -0.1) is 0 Å². The molecule has 0 aromatic heterocycles. The van der Waals surface area contributed by atoms with Crippen molar-refractivity contribution < 1.29 is 28.6 Å². The van der Waals surface area contributed by atoms with Crippen LogP contribution in [-0.4, -0.2) is 51.5 Å². The van der Waals surface area contributed by atoms with Gasteiger partial charge in [-0.3, -0.25) is 14.4 Å². The number of alkyl halides is 1. The van der Waals surface area contributed by atoms with Crippen LogP contribution < -0.4 is 0 Å². The molecule has 0 heterocycles. The maximum absolute atomic E-state index is 17.3. The van der Waals surface area contributed by atoms with Crippen LogP contribution >= 0.6 is 11.8 Å². The Kier molecular flexibility index (Phi) is 6.01. The molecule has 0 saturated heterocycles. The van der Waals surface area contributed by atoms with E-state index in [1.165, 1.54) is 30.8 Å². The summed E-state index contributed by atoms with van der Waals surface area (Å²) in [5.74, 6) is -0.892. The van der Waals surface area contributed by atoms with Crippen LogP contribution in [0.5, 0.6) is 0 Å². The van der Waals surface area contributed by atoms with Crippen molar-refractivity contribution in [1.29, 1.82) is 0 Å². The number of hydrogen-bond donors (Lipinski definition) is 1. The van der Waals surface area contributed by atoms with E-state index in [1.54, 1.807) is 13.0 Å². The lowest BCUT2D eigenvalue weighted by atomic mass is 9.44. The molecule has 0 unspecified atom stereocenters. The van der Waals surface area contributed by atoms with Crippen LogP contribution in [0.4, 0.5) is 4.39 Å². The molecular weight excluding hydrogens is 443 g/mol. The molecule has 182 valence electrons. The van der Waals surface area contributed by atoms with Gasteiger partial charge in [-0.2, -0.15) is 11.8 Å². The number of ketones is 2. The second kappa shape index (κ2) is 8.04. The Morgan fingerprint density at radius 2 is 2.00 bits per heavy atom. The molecule has 0 aliphatic heterocycles. The summed E-state index contributed by atoms with van der Waals surface area (Å²) in [6, 6.07) is 0. The summed E-state index contributed by atoms with van der Waals surface area (Å²) in [6.07, 6.45) is 4.81. The molecule has 8 atom stereocenters. The predicted octanol–water partition coefficient (Wildman–Crippen LogP) is 4.23. The van der Waals surface area contributed by atoms with Gasteiger partial charge in [-0.25, -0.2) is 4.39 Å². The van der Waals surface area contributed by atoms with E-state index in [0.29, 0.717) is 19.3 Å². The third kappa shape index (κ3) is 3.10. The van der Waals surface area contributed by atoms with Crippen molar-refractivity contribution >= 4 is 29.3 Å². The minimum Gasteiger partial charge on any atom is -0.450 e. The van der Waals surface area contributed by atoms with E-state index < -0.39 is 40.1 Å². The van der Waals surface area contributed by atoms with Gasteiger partial charge in [0.25, 0.3) is 0 Å². The Morgan fingerprint density at radius 1 is 1.30 bits per heavy atom. The molecule has 3 fully saturated rings. The smallest absolute Gasteiger partial charge is 0.303 e. The van der Waals surface area contributed by atoms with E-state index in [9.17, 15) is 19.5 Å². The Labute approximate surface area is 199 Å². The second-order valence-corrected chi connectivity index (χ2v) is 12.1. The van der Waals surface area contributed by atoms with Gasteiger partial charge in [0.05, 0.1) is 11.9 Å². The van der Waals surface area contributed by atoms with Gasteiger partial charge in [0, 0.05) is 29.6 Å². The fourth-order valence-corrected chi connectivity index (χ4v) is 8.53. The summed E-state index contributed by atoms with van der Waals surface area (Å²) in [7, 11) is 0. The van der Waals surface area contributed by atoms with Crippen molar-refractivity contribution in [1.82, 2.24) is 0 Å². The maximum atomic E-state index is 17.3. The number of hydrogen-bond acceptors (Lipinski definition) is 6. The molecule has 3 saturated carbocycles. The molecule has 0 amide bonds. The van der Waals surface area contributed by atoms with Crippen LogP contribution in [0.1, 0.15) is 60.3 Å². The second-order valence-electron chi connectivity index (χ2n) is 10.8. The van der Waals surface area contributed by atoms with Crippen LogP contribution in [0, 0.1) is 28.6 Å². The third-order valence-corrected chi connectivity index (χ3v) is 10.2. The summed E-state index contributed by atoms with van der Waals surface area (Å²) in [4.78, 5) is 37.9. The van der Waals surface area contributed by atoms with E-state index in [2.05, 4.69) is 0 Å². The van der Waals surface area contributed by atoms with E-state index in [4.69, 9.17) is 4.74 Å². The fourth-order valence-electron chi connectivity index (χ4n) is 7.93. The Bertz CT molecular complexity index is 945. The number of fused-ring (bicyclic) bond motifs is 5. The van der Waals surface area contributed by atoms with Crippen LogP contribution in [0.15, 0.2) is 23.8 Å². The Balaban J connectivity index is 1.83. The monoisotopic (exact) mass is 478 g/mol. The Morgan fingerprint density at radius 3 is 2.64 bits per heavy atom. The van der Waals surface area contributed by atoms with Crippen molar-refractivity contribution in [2.75, 3.05) is 11.5 Å². The Hall–Kier alpha value is -1.47. The zero-order valence-electron chi connectivity index (χ0n) is 20.2. The van der Waals surface area contributed by atoms with E-state index in [0.717, 1.165) is 11.3 Å². The molecule has 4 aliphatic rings. The minimum absolute atomic E-state index is 0.0233.